The SMILES string of the molecule is CCCCC(CC)c1nnc2n1N=C(C(C)(C)C)C2=Nc1c(C#N)c(C(=O)OC2C(C(C)(C)C)CC(C)CC2C(C)(C)C)c2nc(C(C)(C)C)[nH]n12. The second-order valence-corrected chi connectivity index (χ2v) is 19.7. The van der Waals surface area contributed by atoms with E-state index in [1.54, 1.807) is 4.52 Å². The topological polar surface area (TPSA) is 139 Å². The number of esters is 1. The van der Waals surface area contributed by atoms with Gasteiger partial charge in [0.25, 0.3) is 0 Å². The Morgan fingerprint density at radius 2 is 1.60 bits per heavy atom. The molecule has 1 aliphatic heterocycles. The van der Waals surface area contributed by atoms with Crippen molar-refractivity contribution < 1.29 is 9.53 Å². The van der Waals surface area contributed by atoms with Crippen LogP contribution < -0.4 is 0 Å². The van der Waals surface area contributed by atoms with Gasteiger partial charge in [-0.3, -0.25) is 5.10 Å². The summed E-state index contributed by atoms with van der Waals surface area (Å²) in [5, 5.41) is 28.6. The van der Waals surface area contributed by atoms with Crippen molar-refractivity contribution in [3.05, 3.63) is 28.6 Å². The molecule has 1 aliphatic carbocycles. The van der Waals surface area contributed by atoms with Gasteiger partial charge in [-0.05, 0) is 42.4 Å². The van der Waals surface area contributed by atoms with E-state index < -0.39 is 11.4 Å². The first-order valence-corrected chi connectivity index (χ1v) is 19.4. The maximum atomic E-state index is 14.7. The molecule has 5 rings (SSSR count). The molecule has 52 heavy (non-hydrogen) atoms. The number of nitrogens with one attached hydrogen (secondary N) is 1. The van der Waals surface area contributed by atoms with Crippen LogP contribution in [0.5, 0.6) is 0 Å². The lowest BCUT2D eigenvalue weighted by Gasteiger charge is -2.50. The fourth-order valence-corrected chi connectivity index (χ4v) is 8.01. The average Bonchev–Trinajstić information content (AvgIpc) is 3.77. The quantitative estimate of drug-likeness (QED) is 0.231. The largest absolute Gasteiger partial charge is 0.458 e. The van der Waals surface area contributed by atoms with Crippen molar-refractivity contribution in [2.45, 2.75) is 160 Å². The van der Waals surface area contributed by atoms with Crippen molar-refractivity contribution in [3.63, 3.8) is 0 Å². The Balaban J connectivity index is 1.72. The van der Waals surface area contributed by atoms with E-state index >= 15 is 0 Å². The third kappa shape index (κ3) is 7.36. The third-order valence-electron chi connectivity index (χ3n) is 11.1. The number of aliphatic imine (C=N–C) groups is 1. The summed E-state index contributed by atoms with van der Waals surface area (Å²) in [6.07, 6.45) is 5.71. The molecule has 2 aliphatic rings. The second-order valence-electron chi connectivity index (χ2n) is 19.7. The summed E-state index contributed by atoms with van der Waals surface area (Å²) < 4.78 is 10.2. The van der Waals surface area contributed by atoms with Crippen molar-refractivity contribution in [1.29, 1.82) is 5.26 Å². The Kier molecular flexibility index (Phi) is 10.5. The van der Waals surface area contributed by atoms with Gasteiger partial charge in [0.2, 0.25) is 5.82 Å². The molecule has 11 nitrogen and oxygen atoms in total. The van der Waals surface area contributed by atoms with E-state index in [0.717, 1.165) is 50.1 Å². The van der Waals surface area contributed by atoms with Gasteiger partial charge in [0.15, 0.2) is 17.3 Å². The minimum absolute atomic E-state index is 0.0898. The van der Waals surface area contributed by atoms with Crippen LogP contribution in [0.3, 0.4) is 0 Å². The molecule has 4 heterocycles. The van der Waals surface area contributed by atoms with Crippen LogP contribution in [0, 0.1) is 45.3 Å². The predicted molar refractivity (Wildman–Crippen MR) is 208 cm³/mol. The number of aromatic nitrogens is 6. The van der Waals surface area contributed by atoms with Gasteiger partial charge in [-0.15, -0.1) is 10.2 Å². The molecule has 1 saturated carbocycles. The Morgan fingerprint density at radius 3 is 2.10 bits per heavy atom. The van der Waals surface area contributed by atoms with Gasteiger partial charge in [0.1, 0.15) is 34.8 Å². The van der Waals surface area contributed by atoms with Crippen LogP contribution in [0.2, 0.25) is 0 Å². The van der Waals surface area contributed by atoms with Crippen molar-refractivity contribution in [2.75, 3.05) is 0 Å². The van der Waals surface area contributed by atoms with Crippen LogP contribution in [0.4, 0.5) is 5.82 Å². The molecule has 0 amide bonds. The zero-order chi connectivity index (χ0) is 38.7. The van der Waals surface area contributed by atoms with Crippen molar-refractivity contribution >= 4 is 28.9 Å². The molecule has 11 heteroatoms. The Morgan fingerprint density at radius 1 is 0.981 bits per heavy atom. The number of hydrogen-bond acceptors (Lipinski definition) is 8. The van der Waals surface area contributed by atoms with E-state index in [0.29, 0.717) is 28.9 Å². The lowest BCUT2D eigenvalue weighted by atomic mass is 9.59. The number of aromatic amines is 1. The summed E-state index contributed by atoms with van der Waals surface area (Å²) >= 11 is 0. The maximum absolute atomic E-state index is 14.7. The van der Waals surface area contributed by atoms with Gasteiger partial charge < -0.3 is 4.74 Å². The van der Waals surface area contributed by atoms with E-state index in [1.165, 1.54) is 0 Å². The Hall–Kier alpha value is -3.81. The highest BCUT2D eigenvalue weighted by molar-refractivity contribution is 6.50. The molecule has 0 radical (unpaired) electrons. The molecular formula is C41H63N9O2. The molecular weight excluding hydrogens is 651 g/mol. The molecule has 3 aromatic rings. The molecule has 0 spiro atoms. The van der Waals surface area contributed by atoms with Gasteiger partial charge >= 0.3 is 5.97 Å². The summed E-state index contributed by atoms with van der Waals surface area (Å²) in [6.45, 7) is 32.5. The second kappa shape index (κ2) is 13.9. The molecule has 284 valence electrons. The summed E-state index contributed by atoms with van der Waals surface area (Å²) in [5.74, 6) is 2.75. The van der Waals surface area contributed by atoms with Gasteiger partial charge in [-0.25, -0.2) is 19.3 Å². The fraction of sp³-hybridized carbons (Fsp3) is 0.732. The van der Waals surface area contributed by atoms with Crippen LogP contribution >= 0.6 is 0 Å². The van der Waals surface area contributed by atoms with Gasteiger partial charge in [0.05, 0.1) is 5.71 Å². The van der Waals surface area contributed by atoms with E-state index in [2.05, 4.69) is 125 Å². The summed E-state index contributed by atoms with van der Waals surface area (Å²) in [6, 6.07) is 2.34. The first kappa shape index (κ1) is 39.4. The van der Waals surface area contributed by atoms with Gasteiger partial charge in [-0.2, -0.15) is 15.0 Å². The minimum atomic E-state index is -0.543. The molecule has 3 atom stereocenters. The lowest BCUT2D eigenvalue weighted by Crippen LogP contribution is -2.49. The number of carbonyl (C=O) groups is 1. The molecule has 1 fully saturated rings. The maximum Gasteiger partial charge on any atom is 0.343 e. The van der Waals surface area contributed by atoms with Crippen molar-refractivity contribution in [3.8, 4) is 6.07 Å². The number of H-pyrrole nitrogens is 1. The van der Waals surface area contributed by atoms with Crippen LogP contribution in [0.15, 0.2) is 10.1 Å². The lowest BCUT2D eigenvalue weighted by molar-refractivity contribution is -0.0922. The van der Waals surface area contributed by atoms with Crippen LogP contribution in [-0.4, -0.2) is 53.0 Å². The summed E-state index contributed by atoms with van der Waals surface area (Å²) in [7, 11) is 0. The molecule has 0 bridgehead atoms. The molecule has 0 saturated heterocycles. The monoisotopic (exact) mass is 714 g/mol. The number of fused-ring (bicyclic) bond motifs is 2. The van der Waals surface area contributed by atoms with E-state index in [9.17, 15) is 10.1 Å². The summed E-state index contributed by atoms with van der Waals surface area (Å²) in [5.41, 5.74) is 0.879. The number of nitriles is 1. The standard InChI is InChI=1S/C41H63N9O2/c1-16-18-19-24(17-2)32-45-46-35-29(31(40(10,11)12)47-49(32)35)43-33-25(22-42)28(34-44-37(41(13,14)15)48-50(33)34)36(51)52-30-26(38(4,5)6)20-23(3)21-27(30)39(7,8)9/h23-24,26-27,30H,16-21H2,1-15H3,(H,44,48). The molecule has 3 aromatic heterocycles. The van der Waals surface area contributed by atoms with Crippen molar-refractivity contribution in [2.24, 2.45) is 44.1 Å². The van der Waals surface area contributed by atoms with Crippen molar-refractivity contribution in [1.82, 2.24) is 29.5 Å². The Bertz CT molecular complexity index is 1880. The minimum Gasteiger partial charge on any atom is -0.458 e. The highest BCUT2D eigenvalue weighted by Crippen LogP contribution is 2.50. The highest BCUT2D eigenvalue weighted by Gasteiger charge is 2.49. The third-order valence-corrected chi connectivity index (χ3v) is 11.1. The first-order valence-electron chi connectivity index (χ1n) is 19.4. The van der Waals surface area contributed by atoms with E-state index in [4.69, 9.17) is 19.8 Å². The molecule has 0 aromatic carbocycles. The highest BCUT2D eigenvalue weighted by atomic mass is 16.5. The van der Waals surface area contributed by atoms with Gasteiger partial charge in [-0.1, -0.05) is 117 Å². The van der Waals surface area contributed by atoms with Gasteiger partial charge in [0, 0.05) is 28.6 Å². The van der Waals surface area contributed by atoms with E-state index in [-0.39, 0.29) is 57.0 Å². The first-order chi connectivity index (χ1) is 24.0. The predicted octanol–water partition coefficient (Wildman–Crippen LogP) is 9.77. The number of hydrogen-bond donors (Lipinski definition) is 1. The number of unbranched alkanes of at least 4 members (excludes halogenated alkanes) is 1. The summed E-state index contributed by atoms with van der Waals surface area (Å²) in [4.78, 5) is 24.9. The Labute approximate surface area is 311 Å². The molecule has 3 unspecified atom stereocenters. The number of carbonyl (C=O) groups excluding carboxylic acids is 1. The number of nitrogens with zero attached hydrogens (tertiary/aromatic N) is 8. The molecule has 1 N–H and O–H groups in total. The smallest absolute Gasteiger partial charge is 0.343 e. The number of rotatable bonds is 8. The van der Waals surface area contributed by atoms with Crippen LogP contribution in [0.1, 0.15) is 182 Å². The normalized spacial score (nSPS) is 22.8. The zero-order valence-corrected chi connectivity index (χ0v) is 34.5. The number of ether oxygens (including phenoxy) is 1. The van der Waals surface area contributed by atoms with E-state index in [1.807, 2.05) is 4.68 Å². The zero-order valence-electron chi connectivity index (χ0n) is 34.5. The van der Waals surface area contributed by atoms with Crippen LogP contribution in [-0.2, 0) is 10.2 Å². The average molecular weight is 714 g/mol. The fourth-order valence-electron chi connectivity index (χ4n) is 8.01. The van der Waals surface area contributed by atoms with Crippen LogP contribution in [0.25, 0.3) is 5.65 Å².